The van der Waals surface area contributed by atoms with Crippen molar-refractivity contribution in [3.8, 4) is 0 Å². The van der Waals surface area contributed by atoms with Crippen LogP contribution in [0.5, 0.6) is 0 Å². The van der Waals surface area contributed by atoms with Crippen LogP contribution in [0.3, 0.4) is 0 Å². The number of hydrogen-bond acceptors (Lipinski definition) is 6. The van der Waals surface area contributed by atoms with Crippen molar-refractivity contribution in [1.29, 1.82) is 0 Å². The summed E-state index contributed by atoms with van der Waals surface area (Å²) in [7, 11) is 0. The summed E-state index contributed by atoms with van der Waals surface area (Å²) >= 11 is 0. The third-order valence-electron chi connectivity index (χ3n) is 8.26. The van der Waals surface area contributed by atoms with Crippen molar-refractivity contribution in [2.75, 3.05) is 37.7 Å². The average Bonchev–Trinajstić information content (AvgIpc) is 2.90. The Morgan fingerprint density at radius 2 is 1.89 bits per heavy atom. The number of aliphatic hydroxyl groups excluding tert-OH is 1. The van der Waals surface area contributed by atoms with E-state index in [2.05, 4.69) is 39.0 Å². The molecule has 0 amide bonds. The quantitative estimate of drug-likeness (QED) is 0.561. The molecule has 1 saturated heterocycles. The number of para-hydroxylation sites is 1. The van der Waals surface area contributed by atoms with Gasteiger partial charge in [0, 0.05) is 67.2 Å². The molecule has 1 aromatic heterocycles. The molecule has 0 aliphatic carbocycles. The van der Waals surface area contributed by atoms with Crippen LogP contribution in [-0.2, 0) is 16.8 Å². The minimum atomic E-state index is -0.916. The van der Waals surface area contributed by atoms with E-state index < -0.39 is 11.8 Å². The van der Waals surface area contributed by atoms with Gasteiger partial charge in [-0.2, -0.15) is 0 Å². The normalized spacial score (nSPS) is 22.7. The molecule has 0 bridgehead atoms. The fourth-order valence-electron chi connectivity index (χ4n) is 6.30. The summed E-state index contributed by atoms with van der Waals surface area (Å²) in [5, 5.41) is 24.5. The zero-order valence-corrected chi connectivity index (χ0v) is 20.3. The van der Waals surface area contributed by atoms with Gasteiger partial charge in [0.25, 0.3) is 0 Å². The monoisotopic (exact) mass is 473 g/mol. The molecule has 6 heteroatoms. The molecule has 6 nitrogen and oxygen atoms in total. The fraction of sp³-hybridized carbons (Fsp3) is 0.483. The van der Waals surface area contributed by atoms with Gasteiger partial charge in [0.05, 0.1) is 18.3 Å². The first-order valence-electron chi connectivity index (χ1n) is 13.1. The Bertz CT molecular complexity index is 1190. The number of hydrogen-bond donors (Lipinski definition) is 2. The van der Waals surface area contributed by atoms with Crippen molar-refractivity contribution in [2.24, 2.45) is 0 Å². The van der Waals surface area contributed by atoms with Crippen LogP contribution in [0.15, 0.2) is 54.9 Å². The lowest BCUT2D eigenvalue weighted by molar-refractivity contribution is -0.0887. The number of benzene rings is 2. The van der Waals surface area contributed by atoms with Crippen LogP contribution in [0, 0.1) is 0 Å². The second-order valence-electron chi connectivity index (χ2n) is 10.3. The molecule has 2 atom stereocenters. The second-order valence-corrected chi connectivity index (χ2v) is 10.3. The highest BCUT2D eigenvalue weighted by atomic mass is 16.5. The van der Waals surface area contributed by atoms with Gasteiger partial charge in [0.1, 0.15) is 6.23 Å². The van der Waals surface area contributed by atoms with Crippen LogP contribution in [0.1, 0.15) is 54.9 Å². The van der Waals surface area contributed by atoms with Gasteiger partial charge in [0.2, 0.25) is 0 Å². The SMILES string of the molecule is O[C@@H](CCO[C@H]1CCN2CCCc3cccc1c32)N1CCC(O)(c2cncc3ccccc23)CC1. The van der Waals surface area contributed by atoms with E-state index in [1.807, 2.05) is 24.4 Å². The van der Waals surface area contributed by atoms with Gasteiger partial charge in [-0.15, -0.1) is 0 Å². The molecule has 4 heterocycles. The molecule has 3 aliphatic heterocycles. The van der Waals surface area contributed by atoms with Crippen molar-refractivity contribution in [1.82, 2.24) is 9.88 Å². The predicted molar refractivity (Wildman–Crippen MR) is 137 cm³/mol. The molecule has 6 rings (SSSR count). The summed E-state index contributed by atoms with van der Waals surface area (Å²) in [6.07, 6.45) is 8.31. The minimum absolute atomic E-state index is 0.108. The Balaban J connectivity index is 1.05. The number of aryl methyl sites for hydroxylation is 1. The summed E-state index contributed by atoms with van der Waals surface area (Å²) in [6, 6.07) is 14.7. The summed E-state index contributed by atoms with van der Waals surface area (Å²) in [4.78, 5) is 8.95. The zero-order chi connectivity index (χ0) is 23.8. The highest BCUT2D eigenvalue weighted by Crippen LogP contribution is 2.41. The Morgan fingerprint density at radius 1 is 1.03 bits per heavy atom. The molecule has 35 heavy (non-hydrogen) atoms. The first-order chi connectivity index (χ1) is 17.1. The number of anilines is 1. The Hall–Kier alpha value is -2.51. The van der Waals surface area contributed by atoms with Crippen LogP contribution in [-0.4, -0.2) is 59.1 Å². The Kier molecular flexibility index (Phi) is 6.23. The molecule has 0 spiro atoms. The van der Waals surface area contributed by atoms with E-state index >= 15 is 0 Å². The average molecular weight is 474 g/mol. The smallest absolute Gasteiger partial charge is 0.109 e. The zero-order valence-electron chi connectivity index (χ0n) is 20.3. The molecular formula is C29H35N3O3. The number of aromatic nitrogens is 1. The van der Waals surface area contributed by atoms with Gasteiger partial charge >= 0.3 is 0 Å². The van der Waals surface area contributed by atoms with E-state index in [4.69, 9.17) is 4.74 Å². The lowest BCUT2D eigenvalue weighted by Crippen LogP contribution is -2.47. The molecule has 0 saturated carbocycles. The van der Waals surface area contributed by atoms with Crippen molar-refractivity contribution < 1.29 is 14.9 Å². The maximum atomic E-state index is 11.5. The lowest BCUT2D eigenvalue weighted by Gasteiger charge is -2.41. The highest BCUT2D eigenvalue weighted by Gasteiger charge is 2.37. The van der Waals surface area contributed by atoms with Gasteiger partial charge in [-0.3, -0.25) is 9.88 Å². The maximum Gasteiger partial charge on any atom is 0.109 e. The van der Waals surface area contributed by atoms with Crippen LogP contribution >= 0.6 is 0 Å². The molecule has 2 aromatic carbocycles. The van der Waals surface area contributed by atoms with Gasteiger partial charge in [-0.05, 0) is 43.1 Å². The molecule has 0 radical (unpaired) electrons. The number of piperidine rings is 1. The van der Waals surface area contributed by atoms with Crippen LogP contribution in [0.2, 0.25) is 0 Å². The second kappa shape index (κ2) is 9.51. The number of ether oxygens (including phenoxy) is 1. The first kappa shape index (κ1) is 22.9. The van der Waals surface area contributed by atoms with E-state index in [9.17, 15) is 10.2 Å². The predicted octanol–water partition coefficient (Wildman–Crippen LogP) is 4.14. The largest absolute Gasteiger partial charge is 0.385 e. The molecule has 1 fully saturated rings. The van der Waals surface area contributed by atoms with Crippen LogP contribution in [0.4, 0.5) is 5.69 Å². The molecule has 0 unspecified atom stereocenters. The third kappa shape index (κ3) is 4.33. The minimum Gasteiger partial charge on any atom is -0.385 e. The van der Waals surface area contributed by atoms with Crippen LogP contribution in [0.25, 0.3) is 10.8 Å². The molecule has 3 aliphatic rings. The summed E-state index contributed by atoms with van der Waals surface area (Å²) in [5.74, 6) is 0. The third-order valence-corrected chi connectivity index (χ3v) is 8.26. The molecule has 184 valence electrons. The Morgan fingerprint density at radius 3 is 2.77 bits per heavy atom. The standard InChI is InChI=1S/C29H35N3O3/c33-27(11-18-35-26-10-15-32-14-4-7-21-6-3-9-24(26)28(21)32)31-16-12-29(34,13-17-31)25-20-30-19-22-5-1-2-8-23(22)25/h1-3,5-6,8-9,19-20,26-27,33-34H,4,7,10-18H2/t26-,27-/m0/s1. The first-order valence-corrected chi connectivity index (χ1v) is 13.1. The van der Waals surface area contributed by atoms with Gasteiger partial charge in [-0.1, -0.05) is 42.5 Å². The van der Waals surface area contributed by atoms with Crippen molar-refractivity contribution in [2.45, 2.75) is 56.5 Å². The summed E-state index contributed by atoms with van der Waals surface area (Å²) in [6.45, 7) is 4.01. The molecule has 2 N–H and O–H groups in total. The lowest BCUT2D eigenvalue weighted by atomic mass is 9.83. The Labute approximate surface area is 207 Å². The topological polar surface area (TPSA) is 69.1 Å². The highest BCUT2D eigenvalue weighted by molar-refractivity contribution is 5.85. The van der Waals surface area contributed by atoms with Crippen molar-refractivity contribution >= 4 is 16.5 Å². The van der Waals surface area contributed by atoms with Crippen molar-refractivity contribution in [3.63, 3.8) is 0 Å². The van der Waals surface area contributed by atoms with Gasteiger partial charge in [-0.25, -0.2) is 0 Å². The van der Waals surface area contributed by atoms with Crippen LogP contribution < -0.4 is 4.90 Å². The number of pyridine rings is 1. The fourth-order valence-corrected chi connectivity index (χ4v) is 6.30. The van der Waals surface area contributed by atoms with Crippen molar-refractivity contribution in [3.05, 3.63) is 71.5 Å². The van der Waals surface area contributed by atoms with E-state index in [0.717, 1.165) is 42.3 Å². The number of likely N-dealkylation sites (tertiary alicyclic amines) is 1. The number of rotatable bonds is 6. The van der Waals surface area contributed by atoms with E-state index in [1.165, 1.54) is 23.2 Å². The van der Waals surface area contributed by atoms with Gasteiger partial charge in [0.15, 0.2) is 0 Å². The summed E-state index contributed by atoms with van der Waals surface area (Å²) < 4.78 is 6.33. The van der Waals surface area contributed by atoms with E-state index in [-0.39, 0.29) is 6.10 Å². The number of nitrogens with zero attached hydrogens (tertiary/aromatic N) is 3. The molecule has 3 aromatic rings. The molecular weight excluding hydrogens is 438 g/mol. The summed E-state index contributed by atoms with van der Waals surface area (Å²) in [5.41, 5.74) is 4.14. The van der Waals surface area contributed by atoms with E-state index in [0.29, 0.717) is 39.0 Å². The van der Waals surface area contributed by atoms with Gasteiger partial charge < -0.3 is 19.8 Å². The van der Waals surface area contributed by atoms with E-state index in [1.54, 1.807) is 6.20 Å². The maximum absolute atomic E-state index is 11.5. The number of aliphatic hydroxyl groups is 2. The number of fused-ring (bicyclic) bond motifs is 1.